The molecule has 0 saturated carbocycles. The van der Waals surface area contributed by atoms with Crippen molar-refractivity contribution in [3.63, 3.8) is 0 Å². The molecule has 3 aliphatic rings. The Morgan fingerprint density at radius 2 is 1.97 bits per heavy atom. The lowest BCUT2D eigenvalue weighted by Crippen LogP contribution is -2.67. The van der Waals surface area contributed by atoms with Crippen LogP contribution >= 0.6 is 11.6 Å². The number of aliphatic hydroxyl groups is 1. The quantitative estimate of drug-likeness (QED) is 0.435. The normalized spacial score (nSPS) is 29.1. The van der Waals surface area contributed by atoms with Crippen molar-refractivity contribution in [3.05, 3.63) is 89.6 Å². The second-order valence-corrected chi connectivity index (χ2v) is 9.46. The number of aliphatic hydroxyl groups excluding tert-OH is 1. The topological polar surface area (TPSA) is 33.1 Å². The fraction of sp³-hybridized carbons (Fsp3) is 0.346. The largest absolute Gasteiger partial charge is 0.382 e. The van der Waals surface area contributed by atoms with E-state index in [-0.39, 0.29) is 6.04 Å². The molecule has 1 aromatic heterocycles. The second kappa shape index (κ2) is 7.81. The molecule has 3 saturated heterocycles. The summed E-state index contributed by atoms with van der Waals surface area (Å²) in [5.41, 5.74) is 3.22. The average Bonchev–Trinajstić information content (AvgIpc) is 2.79. The van der Waals surface area contributed by atoms with Gasteiger partial charge in [-0.25, -0.2) is 0 Å². The minimum Gasteiger partial charge on any atom is -0.382 e. The lowest BCUT2D eigenvalue weighted by molar-refractivity contribution is -0.984. The first-order valence-corrected chi connectivity index (χ1v) is 11.2. The first-order chi connectivity index (χ1) is 14.6. The van der Waals surface area contributed by atoms with Crippen LogP contribution in [0.1, 0.15) is 30.1 Å². The van der Waals surface area contributed by atoms with Gasteiger partial charge in [-0.1, -0.05) is 48.0 Å². The summed E-state index contributed by atoms with van der Waals surface area (Å²) in [6, 6.07) is 18.5. The number of benzene rings is 2. The van der Waals surface area contributed by atoms with Crippen LogP contribution in [0.5, 0.6) is 0 Å². The first kappa shape index (κ1) is 19.7. The highest BCUT2D eigenvalue weighted by atomic mass is 35.5. The number of pyridine rings is 1. The maximum atomic E-state index is 11.7. The minimum absolute atomic E-state index is 0.168. The number of hydrogen-bond acceptors (Lipinski definition) is 2. The summed E-state index contributed by atoms with van der Waals surface area (Å²) < 4.78 is 0.909. The zero-order valence-electron chi connectivity index (χ0n) is 17.1. The lowest BCUT2D eigenvalue weighted by atomic mass is 9.71. The monoisotopic (exact) mass is 419 g/mol. The first-order valence-electron chi connectivity index (χ1n) is 10.8. The predicted molar refractivity (Wildman–Crippen MR) is 122 cm³/mol. The zero-order chi connectivity index (χ0) is 20.7. The van der Waals surface area contributed by atoms with Gasteiger partial charge < -0.3 is 9.59 Å². The molecule has 30 heavy (non-hydrogen) atoms. The molecule has 3 nitrogen and oxygen atoms in total. The number of aromatic nitrogens is 1. The second-order valence-electron chi connectivity index (χ2n) is 9.02. The van der Waals surface area contributed by atoms with Gasteiger partial charge in [0.05, 0.1) is 18.6 Å². The Labute approximate surface area is 183 Å². The molecular formula is C26H28ClN2O+. The fourth-order valence-corrected chi connectivity index (χ4v) is 6.04. The zero-order valence-corrected chi connectivity index (χ0v) is 17.9. The molecule has 5 atom stereocenters. The Bertz CT molecular complexity index is 1060. The van der Waals surface area contributed by atoms with E-state index in [0.717, 1.165) is 52.0 Å². The van der Waals surface area contributed by atoms with Crippen molar-refractivity contribution < 1.29 is 9.59 Å². The Morgan fingerprint density at radius 1 is 1.17 bits per heavy atom. The number of fused-ring (bicyclic) bond motifs is 4. The van der Waals surface area contributed by atoms with Crippen molar-refractivity contribution in [2.24, 2.45) is 11.8 Å². The molecule has 1 N–H and O–H groups in total. The van der Waals surface area contributed by atoms with Crippen molar-refractivity contribution in [1.82, 2.24) is 4.98 Å². The third-order valence-electron chi connectivity index (χ3n) is 7.45. The van der Waals surface area contributed by atoms with Gasteiger partial charge in [-0.3, -0.25) is 4.98 Å². The molecule has 3 aliphatic heterocycles. The van der Waals surface area contributed by atoms with Gasteiger partial charge in [-0.15, -0.1) is 6.58 Å². The van der Waals surface area contributed by atoms with Crippen molar-refractivity contribution in [1.29, 1.82) is 0 Å². The van der Waals surface area contributed by atoms with Gasteiger partial charge in [0.2, 0.25) is 0 Å². The van der Waals surface area contributed by atoms with Gasteiger partial charge in [-0.2, -0.15) is 0 Å². The maximum Gasteiger partial charge on any atom is 0.131 e. The van der Waals surface area contributed by atoms with Crippen LogP contribution in [0.25, 0.3) is 10.9 Å². The lowest BCUT2D eigenvalue weighted by Gasteiger charge is -2.58. The summed E-state index contributed by atoms with van der Waals surface area (Å²) in [5, 5.41) is 13.5. The van der Waals surface area contributed by atoms with Crippen LogP contribution in [0.4, 0.5) is 0 Å². The summed E-state index contributed by atoms with van der Waals surface area (Å²) in [4.78, 5) is 4.49. The Balaban J connectivity index is 1.55. The highest BCUT2D eigenvalue weighted by Gasteiger charge is 2.53. The number of rotatable bonds is 5. The van der Waals surface area contributed by atoms with Gasteiger partial charge in [0.1, 0.15) is 18.7 Å². The van der Waals surface area contributed by atoms with Crippen LogP contribution in [-0.4, -0.2) is 33.7 Å². The van der Waals surface area contributed by atoms with Crippen molar-refractivity contribution in [3.8, 4) is 0 Å². The SMILES string of the molecule is C=C[C@H]1C[N@+]2(Cc3ccc(Cl)cc3)CC[C@H]1C[C@@H]2[C@@H](O)c1ccnc2ccccc12. The van der Waals surface area contributed by atoms with E-state index in [9.17, 15) is 5.11 Å². The molecule has 3 fully saturated rings. The molecule has 2 aromatic carbocycles. The Morgan fingerprint density at radius 3 is 2.77 bits per heavy atom. The highest BCUT2D eigenvalue weighted by Crippen LogP contribution is 2.48. The van der Waals surface area contributed by atoms with Crippen molar-refractivity contribution >= 4 is 22.5 Å². The van der Waals surface area contributed by atoms with E-state index < -0.39 is 6.10 Å². The number of halogens is 1. The van der Waals surface area contributed by atoms with E-state index in [2.05, 4.69) is 35.8 Å². The average molecular weight is 420 g/mol. The van der Waals surface area contributed by atoms with Crippen molar-refractivity contribution in [2.45, 2.75) is 31.5 Å². The molecule has 2 bridgehead atoms. The molecule has 4 heteroatoms. The fourth-order valence-electron chi connectivity index (χ4n) is 5.92. The van der Waals surface area contributed by atoms with Gasteiger partial charge in [-0.05, 0) is 35.7 Å². The smallest absolute Gasteiger partial charge is 0.131 e. The standard InChI is InChI=1S/C26H28ClN2O/c1-2-19-17-29(16-18-7-9-21(27)10-8-18)14-12-20(19)15-25(29)26(30)23-11-13-28-24-6-4-3-5-22(23)24/h2-11,13,19-20,25-26,30H,1,12,14-17H2/q+1/t19-,20-,25+,26-,29+/m0/s1. The van der Waals surface area contributed by atoms with Crippen LogP contribution in [-0.2, 0) is 6.54 Å². The number of piperidine rings is 3. The van der Waals surface area contributed by atoms with Crippen LogP contribution in [0.15, 0.2) is 73.4 Å². The number of hydrogen-bond donors (Lipinski definition) is 1. The minimum atomic E-state index is -0.515. The van der Waals surface area contributed by atoms with E-state index in [1.165, 1.54) is 12.0 Å². The molecule has 0 aliphatic carbocycles. The van der Waals surface area contributed by atoms with Gasteiger partial charge in [0, 0.05) is 40.9 Å². The molecule has 3 aromatic rings. The molecule has 0 amide bonds. The summed E-state index contributed by atoms with van der Waals surface area (Å²) in [6.45, 7) is 7.18. The van der Waals surface area contributed by atoms with E-state index >= 15 is 0 Å². The summed E-state index contributed by atoms with van der Waals surface area (Å²) >= 11 is 6.13. The molecule has 6 rings (SSSR count). The molecule has 4 heterocycles. The van der Waals surface area contributed by atoms with Crippen LogP contribution in [0.2, 0.25) is 5.02 Å². The van der Waals surface area contributed by atoms with Crippen LogP contribution in [0, 0.1) is 11.8 Å². The van der Waals surface area contributed by atoms with Gasteiger partial charge >= 0.3 is 0 Å². The number of nitrogens with zero attached hydrogens (tertiary/aromatic N) is 2. The summed E-state index contributed by atoms with van der Waals surface area (Å²) in [6.07, 6.45) is 5.68. The van der Waals surface area contributed by atoms with Crippen LogP contribution in [0.3, 0.4) is 0 Å². The van der Waals surface area contributed by atoms with E-state index in [0.29, 0.717) is 11.8 Å². The summed E-state index contributed by atoms with van der Waals surface area (Å²) in [7, 11) is 0. The number of quaternary nitrogens is 1. The highest BCUT2D eigenvalue weighted by molar-refractivity contribution is 6.30. The Hall–Kier alpha value is -2.20. The third kappa shape index (κ3) is 3.35. The van der Waals surface area contributed by atoms with E-state index in [1.807, 2.05) is 42.6 Å². The van der Waals surface area contributed by atoms with E-state index in [1.54, 1.807) is 0 Å². The van der Waals surface area contributed by atoms with Crippen LogP contribution < -0.4 is 0 Å². The third-order valence-corrected chi connectivity index (χ3v) is 7.70. The van der Waals surface area contributed by atoms with Crippen molar-refractivity contribution in [2.75, 3.05) is 13.1 Å². The summed E-state index contributed by atoms with van der Waals surface area (Å²) in [5.74, 6) is 1.13. The number of para-hydroxylation sites is 1. The molecule has 0 spiro atoms. The van der Waals surface area contributed by atoms with E-state index in [4.69, 9.17) is 11.6 Å². The molecule has 154 valence electrons. The van der Waals surface area contributed by atoms with Gasteiger partial charge in [0.25, 0.3) is 0 Å². The predicted octanol–water partition coefficient (Wildman–Crippen LogP) is 5.53. The Kier molecular flexibility index (Phi) is 5.14. The maximum absolute atomic E-state index is 11.7. The molecule has 0 radical (unpaired) electrons. The molecule has 0 unspecified atom stereocenters. The molecular weight excluding hydrogens is 392 g/mol. The van der Waals surface area contributed by atoms with Gasteiger partial charge in [0.15, 0.2) is 0 Å².